The highest BCUT2D eigenvalue weighted by Crippen LogP contribution is 2.47. The van der Waals surface area contributed by atoms with Gasteiger partial charge < -0.3 is 21.1 Å². The Balaban J connectivity index is 1.58. The Kier molecular flexibility index (Phi) is 3.76. The quantitative estimate of drug-likeness (QED) is 0.738. The van der Waals surface area contributed by atoms with Crippen LogP contribution in [0, 0.1) is 5.41 Å². The van der Waals surface area contributed by atoms with Crippen LogP contribution in [0.2, 0.25) is 0 Å². The van der Waals surface area contributed by atoms with E-state index >= 15 is 0 Å². The molecule has 5 heteroatoms. The second-order valence-electron chi connectivity index (χ2n) is 6.29. The third-order valence-electron chi connectivity index (χ3n) is 4.85. The third kappa shape index (κ3) is 2.83. The van der Waals surface area contributed by atoms with E-state index in [0.717, 1.165) is 25.9 Å². The fourth-order valence-electron chi connectivity index (χ4n) is 3.57. The van der Waals surface area contributed by atoms with Crippen molar-refractivity contribution in [1.29, 1.82) is 0 Å². The molecular formula is C16H23N3O2. The van der Waals surface area contributed by atoms with Gasteiger partial charge in [0.05, 0.1) is 12.8 Å². The van der Waals surface area contributed by atoms with Gasteiger partial charge in [0, 0.05) is 11.6 Å². The first-order chi connectivity index (χ1) is 10.1. The minimum Gasteiger partial charge on any atom is -0.495 e. The summed E-state index contributed by atoms with van der Waals surface area (Å²) in [7, 11) is 1.56. The number of amides is 1. The largest absolute Gasteiger partial charge is 0.495 e. The van der Waals surface area contributed by atoms with Gasteiger partial charge >= 0.3 is 0 Å². The average molecular weight is 289 g/mol. The molecule has 1 saturated heterocycles. The van der Waals surface area contributed by atoms with Crippen LogP contribution >= 0.6 is 0 Å². The first-order valence-electron chi connectivity index (χ1n) is 7.57. The van der Waals surface area contributed by atoms with Gasteiger partial charge in [0.15, 0.2) is 0 Å². The summed E-state index contributed by atoms with van der Waals surface area (Å²) in [5.74, 6) is 0.508. The highest BCUT2D eigenvalue weighted by atomic mass is 16.5. The number of nitrogen functional groups attached to an aromatic ring is 1. The van der Waals surface area contributed by atoms with Gasteiger partial charge in [-0.2, -0.15) is 0 Å². The summed E-state index contributed by atoms with van der Waals surface area (Å²) in [6.07, 6.45) is 4.67. The van der Waals surface area contributed by atoms with Crippen molar-refractivity contribution < 1.29 is 9.53 Å². The van der Waals surface area contributed by atoms with Crippen molar-refractivity contribution in [3.8, 4) is 5.75 Å². The number of ether oxygens (including phenoxy) is 1. The molecule has 114 valence electrons. The van der Waals surface area contributed by atoms with Crippen molar-refractivity contribution >= 4 is 11.6 Å². The predicted molar refractivity (Wildman–Crippen MR) is 82.4 cm³/mol. The number of nitrogens with one attached hydrogen (secondary N) is 2. The summed E-state index contributed by atoms with van der Waals surface area (Å²) in [4.78, 5) is 12.3. The van der Waals surface area contributed by atoms with Gasteiger partial charge in [0.25, 0.3) is 5.91 Å². The summed E-state index contributed by atoms with van der Waals surface area (Å²) >= 11 is 0. The Morgan fingerprint density at radius 1 is 1.38 bits per heavy atom. The topological polar surface area (TPSA) is 76.4 Å². The van der Waals surface area contributed by atoms with Gasteiger partial charge in [-0.3, -0.25) is 4.79 Å². The molecule has 1 aliphatic heterocycles. The van der Waals surface area contributed by atoms with Gasteiger partial charge in [0.1, 0.15) is 5.75 Å². The Bertz CT molecular complexity index is 530. The van der Waals surface area contributed by atoms with Gasteiger partial charge in [-0.15, -0.1) is 0 Å². The average Bonchev–Trinajstić information content (AvgIpc) is 2.47. The summed E-state index contributed by atoms with van der Waals surface area (Å²) in [5.41, 5.74) is 7.40. The smallest absolute Gasteiger partial charge is 0.251 e. The maximum atomic E-state index is 12.3. The molecule has 1 spiro atoms. The van der Waals surface area contributed by atoms with E-state index in [1.54, 1.807) is 25.3 Å². The summed E-state index contributed by atoms with van der Waals surface area (Å²) in [5, 5.41) is 6.51. The molecule has 3 rings (SSSR count). The van der Waals surface area contributed by atoms with Gasteiger partial charge in [-0.1, -0.05) is 0 Å². The predicted octanol–water partition coefficient (Wildman–Crippen LogP) is 1.54. The van der Waals surface area contributed by atoms with Crippen LogP contribution in [0.15, 0.2) is 18.2 Å². The Hall–Kier alpha value is -1.75. The van der Waals surface area contributed by atoms with Crippen molar-refractivity contribution in [2.24, 2.45) is 5.41 Å². The number of rotatable bonds is 3. The molecule has 1 aliphatic carbocycles. The summed E-state index contributed by atoms with van der Waals surface area (Å²) in [6, 6.07) is 5.46. The highest BCUT2D eigenvalue weighted by Gasteiger charge is 2.44. The molecule has 0 aromatic heterocycles. The number of nitrogens with two attached hydrogens (primary N) is 1. The zero-order chi connectivity index (χ0) is 14.9. The molecule has 0 bridgehead atoms. The molecule has 0 atom stereocenters. The molecular weight excluding hydrogens is 266 g/mol. The van der Waals surface area contributed by atoms with E-state index in [0.29, 0.717) is 28.5 Å². The minimum atomic E-state index is -0.0397. The second kappa shape index (κ2) is 5.56. The lowest BCUT2D eigenvalue weighted by atomic mass is 9.60. The van der Waals surface area contributed by atoms with Crippen molar-refractivity contribution in [2.75, 3.05) is 25.9 Å². The molecule has 21 heavy (non-hydrogen) atoms. The SMILES string of the molecule is COc1cc(C(=O)NC2CC3(CCNCC3)C2)ccc1N. The molecule has 5 nitrogen and oxygen atoms in total. The van der Waals surface area contributed by atoms with Crippen LogP contribution in [0.25, 0.3) is 0 Å². The summed E-state index contributed by atoms with van der Waals surface area (Å²) in [6.45, 7) is 2.21. The molecule has 2 aliphatic rings. The molecule has 1 amide bonds. The van der Waals surface area contributed by atoms with Crippen LogP contribution in [-0.2, 0) is 0 Å². The lowest BCUT2D eigenvalue weighted by molar-refractivity contribution is 0.0423. The Morgan fingerprint density at radius 2 is 2.10 bits per heavy atom. The molecule has 1 aromatic rings. The third-order valence-corrected chi connectivity index (χ3v) is 4.85. The molecule has 1 heterocycles. The number of hydrogen-bond acceptors (Lipinski definition) is 4. The normalized spacial score (nSPS) is 20.8. The maximum absolute atomic E-state index is 12.3. The van der Waals surface area contributed by atoms with Gasteiger partial charge in [-0.25, -0.2) is 0 Å². The van der Waals surface area contributed by atoms with Crippen molar-refractivity contribution in [2.45, 2.75) is 31.7 Å². The fourth-order valence-corrected chi connectivity index (χ4v) is 3.57. The second-order valence-corrected chi connectivity index (χ2v) is 6.29. The van der Waals surface area contributed by atoms with E-state index in [1.807, 2.05) is 0 Å². The number of piperidine rings is 1. The van der Waals surface area contributed by atoms with E-state index in [-0.39, 0.29) is 5.91 Å². The van der Waals surface area contributed by atoms with Gasteiger partial charge in [0.2, 0.25) is 0 Å². The zero-order valence-corrected chi connectivity index (χ0v) is 12.4. The van der Waals surface area contributed by atoms with E-state index < -0.39 is 0 Å². The van der Waals surface area contributed by atoms with E-state index in [2.05, 4.69) is 10.6 Å². The number of benzene rings is 1. The number of carbonyl (C=O) groups excluding carboxylic acids is 1. The Morgan fingerprint density at radius 3 is 2.76 bits per heavy atom. The first-order valence-corrected chi connectivity index (χ1v) is 7.57. The van der Waals surface area contributed by atoms with Gasteiger partial charge in [-0.05, 0) is 62.4 Å². The lowest BCUT2D eigenvalue weighted by Crippen LogP contribution is -2.54. The maximum Gasteiger partial charge on any atom is 0.251 e. The monoisotopic (exact) mass is 289 g/mol. The number of carbonyl (C=O) groups is 1. The molecule has 1 aromatic carbocycles. The minimum absolute atomic E-state index is 0.0397. The van der Waals surface area contributed by atoms with Crippen LogP contribution in [0.5, 0.6) is 5.75 Å². The van der Waals surface area contributed by atoms with E-state index in [4.69, 9.17) is 10.5 Å². The van der Waals surface area contributed by atoms with Crippen molar-refractivity contribution in [3.63, 3.8) is 0 Å². The van der Waals surface area contributed by atoms with Crippen LogP contribution in [0.4, 0.5) is 5.69 Å². The first kappa shape index (κ1) is 14.2. The molecule has 0 unspecified atom stereocenters. The lowest BCUT2D eigenvalue weighted by Gasteiger charge is -2.50. The number of methoxy groups -OCH3 is 1. The molecule has 2 fully saturated rings. The van der Waals surface area contributed by atoms with Crippen LogP contribution in [0.1, 0.15) is 36.0 Å². The van der Waals surface area contributed by atoms with Crippen LogP contribution < -0.4 is 21.1 Å². The summed E-state index contributed by atoms with van der Waals surface area (Å²) < 4.78 is 5.16. The van der Waals surface area contributed by atoms with Crippen molar-refractivity contribution in [3.05, 3.63) is 23.8 Å². The Labute approximate surface area is 125 Å². The van der Waals surface area contributed by atoms with Crippen molar-refractivity contribution in [1.82, 2.24) is 10.6 Å². The zero-order valence-electron chi connectivity index (χ0n) is 12.4. The number of anilines is 1. The van der Waals surface area contributed by atoms with Crippen LogP contribution in [-0.4, -0.2) is 32.1 Å². The fraction of sp³-hybridized carbons (Fsp3) is 0.562. The van der Waals surface area contributed by atoms with E-state index in [9.17, 15) is 4.79 Å². The standard InChI is InChI=1S/C16H23N3O2/c1-21-14-8-11(2-3-13(14)17)15(20)19-12-9-16(10-12)4-6-18-7-5-16/h2-3,8,12,18H,4-7,9-10,17H2,1H3,(H,19,20). The van der Waals surface area contributed by atoms with E-state index in [1.165, 1.54) is 12.8 Å². The number of hydrogen-bond donors (Lipinski definition) is 3. The molecule has 0 radical (unpaired) electrons. The highest BCUT2D eigenvalue weighted by molar-refractivity contribution is 5.95. The molecule has 1 saturated carbocycles. The molecule has 4 N–H and O–H groups in total. The van der Waals surface area contributed by atoms with Crippen LogP contribution in [0.3, 0.4) is 0 Å².